The highest BCUT2D eigenvalue weighted by Gasteiger charge is 2.28. The van der Waals surface area contributed by atoms with Crippen LogP contribution in [0, 0.1) is 5.92 Å². The summed E-state index contributed by atoms with van der Waals surface area (Å²) in [5.74, 6) is 1.19. The lowest BCUT2D eigenvalue weighted by Crippen LogP contribution is -2.47. The zero-order chi connectivity index (χ0) is 17.8. The molecule has 1 aromatic carbocycles. The summed E-state index contributed by atoms with van der Waals surface area (Å²) in [6.45, 7) is 4.22. The van der Waals surface area contributed by atoms with Crippen LogP contribution in [0.15, 0.2) is 18.2 Å². The smallest absolute Gasteiger partial charge is 0.314 e. The fourth-order valence-electron chi connectivity index (χ4n) is 3.26. The molecule has 1 aromatic rings. The van der Waals surface area contributed by atoms with E-state index in [1.807, 2.05) is 25.1 Å². The lowest BCUT2D eigenvalue weighted by molar-refractivity contribution is -0.126. The molecule has 3 N–H and O–H groups in total. The van der Waals surface area contributed by atoms with E-state index in [2.05, 4.69) is 5.32 Å². The number of amides is 3. The molecule has 0 aromatic heterocycles. The van der Waals surface area contributed by atoms with Gasteiger partial charge in [0.05, 0.1) is 25.2 Å². The number of rotatable bonds is 3. The SMILES string of the molecule is C[C@@H](NC(=O)[C@@H]1CCCN(C(N)=O)C1)c1ccc2c(c1)OCCCO2. The molecule has 25 heavy (non-hydrogen) atoms. The van der Waals surface area contributed by atoms with E-state index >= 15 is 0 Å². The monoisotopic (exact) mass is 347 g/mol. The van der Waals surface area contributed by atoms with Gasteiger partial charge in [0.1, 0.15) is 0 Å². The van der Waals surface area contributed by atoms with E-state index < -0.39 is 6.03 Å². The van der Waals surface area contributed by atoms with Crippen LogP contribution >= 0.6 is 0 Å². The third-order valence-electron chi connectivity index (χ3n) is 4.73. The minimum Gasteiger partial charge on any atom is -0.490 e. The summed E-state index contributed by atoms with van der Waals surface area (Å²) in [7, 11) is 0. The summed E-state index contributed by atoms with van der Waals surface area (Å²) in [6, 6.07) is 5.12. The normalized spacial score (nSPS) is 21.2. The molecule has 3 amide bonds. The summed E-state index contributed by atoms with van der Waals surface area (Å²) in [5.41, 5.74) is 6.29. The molecule has 0 bridgehead atoms. The first kappa shape index (κ1) is 17.4. The van der Waals surface area contributed by atoms with Crippen molar-refractivity contribution in [3.8, 4) is 11.5 Å². The Balaban J connectivity index is 1.63. The third-order valence-corrected chi connectivity index (χ3v) is 4.73. The Hall–Kier alpha value is -2.44. The predicted molar refractivity (Wildman–Crippen MR) is 92.5 cm³/mol. The molecule has 7 nitrogen and oxygen atoms in total. The zero-order valence-electron chi connectivity index (χ0n) is 14.5. The van der Waals surface area contributed by atoms with Gasteiger partial charge in [-0.15, -0.1) is 0 Å². The number of urea groups is 1. The van der Waals surface area contributed by atoms with Gasteiger partial charge in [0.15, 0.2) is 11.5 Å². The third kappa shape index (κ3) is 4.15. The second-order valence-electron chi connectivity index (χ2n) is 6.61. The van der Waals surface area contributed by atoms with Crippen LogP contribution in [0.5, 0.6) is 11.5 Å². The predicted octanol–water partition coefficient (Wildman–Crippen LogP) is 1.82. The average molecular weight is 347 g/mol. The molecule has 2 aliphatic heterocycles. The van der Waals surface area contributed by atoms with E-state index in [9.17, 15) is 9.59 Å². The molecule has 7 heteroatoms. The molecule has 136 valence electrons. The van der Waals surface area contributed by atoms with Gasteiger partial charge in [-0.25, -0.2) is 4.79 Å². The van der Waals surface area contributed by atoms with Crippen LogP contribution in [-0.2, 0) is 4.79 Å². The van der Waals surface area contributed by atoms with Crippen molar-refractivity contribution in [1.82, 2.24) is 10.2 Å². The van der Waals surface area contributed by atoms with Crippen molar-refractivity contribution < 1.29 is 19.1 Å². The van der Waals surface area contributed by atoms with Crippen LogP contribution < -0.4 is 20.5 Å². The first-order chi connectivity index (χ1) is 12.0. The number of nitrogens with two attached hydrogens (primary N) is 1. The largest absolute Gasteiger partial charge is 0.490 e. The van der Waals surface area contributed by atoms with E-state index in [4.69, 9.17) is 15.2 Å². The molecule has 2 heterocycles. The minimum absolute atomic E-state index is 0.0504. The van der Waals surface area contributed by atoms with Gasteiger partial charge < -0.3 is 25.4 Å². The van der Waals surface area contributed by atoms with Crippen LogP contribution in [0.25, 0.3) is 0 Å². The number of nitrogens with zero attached hydrogens (tertiary/aromatic N) is 1. The van der Waals surface area contributed by atoms with Crippen molar-refractivity contribution in [3.05, 3.63) is 23.8 Å². The number of piperidine rings is 1. The summed E-state index contributed by atoms with van der Waals surface area (Å²) in [5, 5.41) is 3.03. The maximum atomic E-state index is 12.5. The molecule has 0 saturated carbocycles. The highest BCUT2D eigenvalue weighted by Crippen LogP contribution is 2.32. The van der Waals surface area contributed by atoms with Crippen LogP contribution in [-0.4, -0.2) is 43.1 Å². The van der Waals surface area contributed by atoms with Crippen molar-refractivity contribution in [3.63, 3.8) is 0 Å². The summed E-state index contributed by atoms with van der Waals surface area (Å²) < 4.78 is 11.3. The highest BCUT2D eigenvalue weighted by molar-refractivity contribution is 5.80. The molecule has 2 aliphatic rings. The number of likely N-dealkylation sites (tertiary alicyclic amines) is 1. The van der Waals surface area contributed by atoms with Crippen molar-refractivity contribution >= 4 is 11.9 Å². The second kappa shape index (κ2) is 7.63. The number of hydrogen-bond acceptors (Lipinski definition) is 4. The van der Waals surface area contributed by atoms with Crippen LogP contribution in [0.1, 0.15) is 37.8 Å². The second-order valence-corrected chi connectivity index (χ2v) is 6.61. The Labute approximate surface area is 147 Å². The Bertz CT molecular complexity index is 649. The molecule has 1 fully saturated rings. The fraction of sp³-hybridized carbons (Fsp3) is 0.556. The van der Waals surface area contributed by atoms with Crippen LogP contribution in [0.4, 0.5) is 4.79 Å². The number of fused-ring (bicyclic) bond motifs is 1. The van der Waals surface area contributed by atoms with E-state index in [1.165, 1.54) is 4.90 Å². The van der Waals surface area contributed by atoms with Crippen LogP contribution in [0.3, 0.4) is 0 Å². The van der Waals surface area contributed by atoms with E-state index in [-0.39, 0.29) is 17.9 Å². The number of nitrogens with one attached hydrogen (secondary N) is 1. The van der Waals surface area contributed by atoms with Gasteiger partial charge in [-0.05, 0) is 37.5 Å². The molecular weight excluding hydrogens is 322 g/mol. The molecule has 0 unspecified atom stereocenters. The van der Waals surface area contributed by atoms with Crippen molar-refractivity contribution in [1.29, 1.82) is 0 Å². The highest BCUT2D eigenvalue weighted by atomic mass is 16.5. The van der Waals surface area contributed by atoms with Gasteiger partial charge in [-0.1, -0.05) is 6.07 Å². The number of benzene rings is 1. The number of hydrogen-bond donors (Lipinski definition) is 2. The fourth-order valence-corrected chi connectivity index (χ4v) is 3.26. The maximum Gasteiger partial charge on any atom is 0.314 e. The summed E-state index contributed by atoms with van der Waals surface area (Å²) in [6.07, 6.45) is 2.41. The van der Waals surface area contributed by atoms with Crippen LogP contribution in [0.2, 0.25) is 0 Å². The number of carbonyl (C=O) groups excluding carboxylic acids is 2. The standard InChI is InChI=1S/C18H25N3O4/c1-12(13-5-6-15-16(10-13)25-9-3-8-24-15)20-17(22)14-4-2-7-21(11-14)18(19)23/h5-6,10,12,14H,2-4,7-9,11H2,1H3,(H2,19,23)(H,20,22)/t12-,14-/m1/s1. The van der Waals surface area contributed by atoms with Gasteiger partial charge in [-0.3, -0.25) is 4.79 Å². The Morgan fingerprint density at radius 2 is 2.00 bits per heavy atom. The quantitative estimate of drug-likeness (QED) is 0.872. The topological polar surface area (TPSA) is 93.9 Å². The lowest BCUT2D eigenvalue weighted by atomic mass is 9.96. The Kier molecular flexibility index (Phi) is 5.31. The number of primary amides is 1. The van der Waals surface area contributed by atoms with Gasteiger partial charge >= 0.3 is 6.03 Å². The molecule has 0 aliphatic carbocycles. The van der Waals surface area contributed by atoms with Crippen molar-refractivity contribution in [2.24, 2.45) is 11.7 Å². The van der Waals surface area contributed by atoms with E-state index in [0.29, 0.717) is 32.1 Å². The molecule has 0 spiro atoms. The first-order valence-corrected chi connectivity index (χ1v) is 8.79. The Morgan fingerprint density at radius 1 is 1.24 bits per heavy atom. The molecule has 0 radical (unpaired) electrons. The zero-order valence-corrected chi connectivity index (χ0v) is 14.5. The Morgan fingerprint density at radius 3 is 2.76 bits per heavy atom. The van der Waals surface area contributed by atoms with Crippen molar-refractivity contribution in [2.45, 2.75) is 32.2 Å². The summed E-state index contributed by atoms with van der Waals surface area (Å²) >= 11 is 0. The van der Waals surface area contributed by atoms with Crippen molar-refractivity contribution in [2.75, 3.05) is 26.3 Å². The number of ether oxygens (including phenoxy) is 2. The first-order valence-electron chi connectivity index (χ1n) is 8.79. The minimum atomic E-state index is -0.464. The van der Waals surface area contributed by atoms with E-state index in [0.717, 1.165) is 30.6 Å². The van der Waals surface area contributed by atoms with E-state index in [1.54, 1.807) is 0 Å². The molecule has 2 atom stereocenters. The summed E-state index contributed by atoms with van der Waals surface area (Å²) in [4.78, 5) is 25.4. The van der Waals surface area contributed by atoms with Gasteiger partial charge in [0.2, 0.25) is 5.91 Å². The molecule has 3 rings (SSSR count). The molecule has 1 saturated heterocycles. The van der Waals surface area contributed by atoms with Gasteiger partial charge in [-0.2, -0.15) is 0 Å². The average Bonchev–Trinajstić information content (AvgIpc) is 2.86. The lowest BCUT2D eigenvalue weighted by Gasteiger charge is -2.31. The number of carbonyl (C=O) groups is 2. The maximum absolute atomic E-state index is 12.5. The molecular formula is C18H25N3O4. The van der Waals surface area contributed by atoms with Gasteiger partial charge in [0.25, 0.3) is 0 Å². The van der Waals surface area contributed by atoms with Gasteiger partial charge in [0, 0.05) is 19.5 Å².